The zero-order chi connectivity index (χ0) is 23.0. The molecular weight excluding hydrogens is 434 g/mol. The molecule has 4 rings (SSSR count). The Morgan fingerprint density at radius 2 is 2.24 bits per heavy atom. The van der Waals surface area contributed by atoms with Crippen LogP contribution in [-0.4, -0.2) is 52.7 Å². The molecule has 0 saturated carbocycles. The standard InChI is InChI=1S/C26H29N3O3S/c1-32-22-7-8-25-24(15-22)20(9-11-28-25)5-2-4-19-10-13-29(17-21(19)14-26(30)31)12-3-6-23-16-27-18-33-23/h7-9,11,15-16,18-19,21H,2,4-5,10,12-14,17H2,1H3,(H,30,31)/t19-,21+/m1/s1. The van der Waals surface area contributed by atoms with Crippen LogP contribution in [0.1, 0.15) is 36.1 Å². The molecule has 3 heterocycles. The number of aromatic nitrogens is 2. The van der Waals surface area contributed by atoms with Crippen molar-refractivity contribution in [2.75, 3.05) is 26.7 Å². The number of aryl methyl sites for hydroxylation is 1. The number of hydrogen-bond acceptors (Lipinski definition) is 6. The minimum Gasteiger partial charge on any atom is -0.497 e. The number of carboxylic acids is 1. The van der Waals surface area contributed by atoms with E-state index in [1.54, 1.807) is 18.8 Å². The fourth-order valence-corrected chi connectivity index (χ4v) is 5.22. The average molecular weight is 464 g/mol. The van der Waals surface area contributed by atoms with Crippen LogP contribution in [0.25, 0.3) is 10.9 Å². The molecule has 1 N–H and O–H groups in total. The molecule has 1 aliphatic rings. The summed E-state index contributed by atoms with van der Waals surface area (Å²) in [5.74, 6) is 7.08. The highest BCUT2D eigenvalue weighted by atomic mass is 32.1. The van der Waals surface area contributed by atoms with E-state index in [2.05, 4.69) is 38.8 Å². The molecule has 6 nitrogen and oxygen atoms in total. The van der Waals surface area contributed by atoms with E-state index < -0.39 is 5.97 Å². The predicted molar refractivity (Wildman–Crippen MR) is 131 cm³/mol. The molecule has 172 valence electrons. The van der Waals surface area contributed by atoms with Crippen molar-refractivity contribution < 1.29 is 14.6 Å². The maximum atomic E-state index is 11.5. The van der Waals surface area contributed by atoms with Gasteiger partial charge in [-0.2, -0.15) is 0 Å². The molecule has 2 atom stereocenters. The predicted octanol–water partition coefficient (Wildman–Crippen LogP) is 4.49. The van der Waals surface area contributed by atoms with Gasteiger partial charge in [0.2, 0.25) is 0 Å². The molecule has 1 saturated heterocycles. The number of ether oxygens (including phenoxy) is 1. The molecule has 0 amide bonds. The number of rotatable bonds is 8. The van der Waals surface area contributed by atoms with Crippen LogP contribution < -0.4 is 4.74 Å². The van der Waals surface area contributed by atoms with Gasteiger partial charge in [0.25, 0.3) is 0 Å². The maximum absolute atomic E-state index is 11.5. The Bertz CT molecular complexity index is 1140. The van der Waals surface area contributed by atoms with E-state index >= 15 is 0 Å². The van der Waals surface area contributed by atoms with Crippen molar-refractivity contribution in [2.24, 2.45) is 11.8 Å². The first-order valence-electron chi connectivity index (χ1n) is 11.4. The largest absolute Gasteiger partial charge is 0.497 e. The number of carboxylic acid groups (broad SMARTS) is 1. The Balaban J connectivity index is 1.35. The number of likely N-dealkylation sites (tertiary alicyclic amines) is 1. The summed E-state index contributed by atoms with van der Waals surface area (Å²) in [6, 6.07) is 8.07. The third-order valence-corrected chi connectivity index (χ3v) is 7.11. The first-order valence-corrected chi connectivity index (χ1v) is 12.2. The Hall–Kier alpha value is -2.95. The molecule has 1 fully saturated rings. The van der Waals surface area contributed by atoms with Gasteiger partial charge in [-0.1, -0.05) is 11.8 Å². The third kappa shape index (κ3) is 6.31. The lowest BCUT2D eigenvalue weighted by molar-refractivity contribution is -0.139. The number of aliphatic carboxylic acids is 1. The van der Waals surface area contributed by atoms with Crippen molar-refractivity contribution in [3.63, 3.8) is 0 Å². The lowest BCUT2D eigenvalue weighted by atomic mass is 9.80. The molecule has 1 aliphatic heterocycles. The van der Waals surface area contributed by atoms with Gasteiger partial charge in [0.1, 0.15) is 5.75 Å². The molecule has 3 aromatic rings. The summed E-state index contributed by atoms with van der Waals surface area (Å²) in [6.45, 7) is 2.43. The fraction of sp³-hybridized carbons (Fsp3) is 0.423. The maximum Gasteiger partial charge on any atom is 0.303 e. The summed E-state index contributed by atoms with van der Waals surface area (Å²) in [5, 5.41) is 10.6. The highest BCUT2D eigenvalue weighted by molar-refractivity contribution is 7.10. The summed E-state index contributed by atoms with van der Waals surface area (Å²) < 4.78 is 5.39. The van der Waals surface area contributed by atoms with Gasteiger partial charge >= 0.3 is 5.97 Å². The highest BCUT2D eigenvalue weighted by Gasteiger charge is 2.30. The summed E-state index contributed by atoms with van der Waals surface area (Å²) in [7, 11) is 1.68. The van der Waals surface area contributed by atoms with E-state index in [0.717, 1.165) is 60.3 Å². The van der Waals surface area contributed by atoms with Gasteiger partial charge in [0.15, 0.2) is 0 Å². The van der Waals surface area contributed by atoms with Crippen molar-refractivity contribution >= 4 is 28.2 Å². The van der Waals surface area contributed by atoms with E-state index in [9.17, 15) is 9.90 Å². The van der Waals surface area contributed by atoms with Crippen LogP contribution in [0, 0.1) is 23.7 Å². The second-order valence-electron chi connectivity index (χ2n) is 8.55. The zero-order valence-corrected chi connectivity index (χ0v) is 19.7. The van der Waals surface area contributed by atoms with E-state index in [1.165, 1.54) is 16.9 Å². The zero-order valence-electron chi connectivity index (χ0n) is 18.9. The number of hydrogen-bond donors (Lipinski definition) is 1. The third-order valence-electron chi connectivity index (χ3n) is 6.42. The SMILES string of the molecule is COc1ccc2nccc(CCC[C@@H]3CCN(CC#Cc4cncs4)C[C@@H]3CC(=O)O)c2c1. The van der Waals surface area contributed by atoms with E-state index in [0.29, 0.717) is 12.5 Å². The van der Waals surface area contributed by atoms with Gasteiger partial charge < -0.3 is 9.84 Å². The number of carbonyl (C=O) groups is 1. The molecule has 0 radical (unpaired) electrons. The molecule has 2 aromatic heterocycles. The molecule has 0 spiro atoms. The van der Waals surface area contributed by atoms with Crippen LogP contribution in [0.4, 0.5) is 0 Å². The molecule has 7 heteroatoms. The quantitative estimate of drug-likeness (QED) is 0.496. The van der Waals surface area contributed by atoms with Gasteiger partial charge in [-0.15, -0.1) is 11.3 Å². The van der Waals surface area contributed by atoms with Crippen LogP contribution in [0.15, 0.2) is 42.2 Å². The monoisotopic (exact) mass is 463 g/mol. The van der Waals surface area contributed by atoms with Gasteiger partial charge in [-0.25, -0.2) is 0 Å². The molecular formula is C26H29N3O3S. The lowest BCUT2D eigenvalue weighted by Gasteiger charge is -2.37. The van der Waals surface area contributed by atoms with Crippen molar-refractivity contribution in [1.29, 1.82) is 0 Å². The number of nitrogens with zero attached hydrogens (tertiary/aromatic N) is 3. The minimum atomic E-state index is -0.713. The number of thiazole rings is 1. The van der Waals surface area contributed by atoms with Crippen LogP contribution in [0.5, 0.6) is 5.75 Å². The Labute approximate surface area is 198 Å². The average Bonchev–Trinajstić information content (AvgIpc) is 3.33. The number of benzene rings is 1. The molecule has 1 aromatic carbocycles. The topological polar surface area (TPSA) is 75.5 Å². The van der Waals surface area contributed by atoms with Gasteiger partial charge in [0, 0.05) is 24.5 Å². The van der Waals surface area contributed by atoms with Crippen LogP contribution in [0.2, 0.25) is 0 Å². The number of pyridine rings is 1. The summed E-state index contributed by atoms with van der Waals surface area (Å²) >= 11 is 1.54. The van der Waals surface area contributed by atoms with Crippen LogP contribution in [0.3, 0.4) is 0 Å². The molecule has 0 aliphatic carbocycles. The number of methoxy groups -OCH3 is 1. The van der Waals surface area contributed by atoms with Gasteiger partial charge in [-0.05, 0) is 73.9 Å². The van der Waals surface area contributed by atoms with Crippen molar-refractivity contribution in [1.82, 2.24) is 14.9 Å². The lowest BCUT2D eigenvalue weighted by Crippen LogP contribution is -2.41. The summed E-state index contributed by atoms with van der Waals surface area (Å²) in [5.41, 5.74) is 4.03. The fourth-order valence-electron chi connectivity index (χ4n) is 4.73. The number of piperidine rings is 1. The van der Waals surface area contributed by atoms with Crippen molar-refractivity contribution in [3.05, 3.63) is 52.6 Å². The van der Waals surface area contributed by atoms with E-state index in [1.807, 2.05) is 18.3 Å². The van der Waals surface area contributed by atoms with Crippen LogP contribution in [-0.2, 0) is 11.2 Å². The molecule has 0 bridgehead atoms. The smallest absolute Gasteiger partial charge is 0.303 e. The molecule has 33 heavy (non-hydrogen) atoms. The van der Waals surface area contributed by atoms with E-state index in [4.69, 9.17) is 4.74 Å². The first-order chi connectivity index (χ1) is 16.1. The van der Waals surface area contributed by atoms with Gasteiger partial charge in [0.05, 0.1) is 35.8 Å². The molecule has 0 unspecified atom stereocenters. The van der Waals surface area contributed by atoms with Crippen molar-refractivity contribution in [3.8, 4) is 17.6 Å². The van der Waals surface area contributed by atoms with E-state index in [-0.39, 0.29) is 12.3 Å². The Kier molecular flexibility index (Phi) is 7.92. The highest BCUT2D eigenvalue weighted by Crippen LogP contribution is 2.31. The van der Waals surface area contributed by atoms with Crippen LogP contribution >= 0.6 is 11.3 Å². The number of fused-ring (bicyclic) bond motifs is 1. The first kappa shape index (κ1) is 23.2. The second kappa shape index (κ2) is 11.3. The second-order valence-corrected chi connectivity index (χ2v) is 9.44. The normalized spacial score (nSPS) is 18.6. The Morgan fingerprint density at radius 3 is 3.03 bits per heavy atom. The Morgan fingerprint density at radius 1 is 1.33 bits per heavy atom. The van der Waals surface area contributed by atoms with Gasteiger partial charge in [-0.3, -0.25) is 19.7 Å². The summed E-state index contributed by atoms with van der Waals surface area (Å²) in [6.07, 6.45) is 7.90. The minimum absolute atomic E-state index is 0.163. The van der Waals surface area contributed by atoms with Crippen molar-refractivity contribution in [2.45, 2.75) is 32.1 Å². The summed E-state index contributed by atoms with van der Waals surface area (Å²) in [4.78, 5) is 23.3.